The van der Waals surface area contributed by atoms with Gasteiger partial charge in [-0.2, -0.15) is 5.10 Å². The van der Waals surface area contributed by atoms with Crippen LogP contribution in [0.2, 0.25) is 0 Å². The quantitative estimate of drug-likeness (QED) is 0.782. The average Bonchev–Trinajstić information content (AvgIpc) is 3.12. The molecule has 0 saturated heterocycles. The highest BCUT2D eigenvalue weighted by atomic mass is 16.5. The van der Waals surface area contributed by atoms with Gasteiger partial charge in [0.25, 0.3) is 0 Å². The molecular weight excluding hydrogens is 284 g/mol. The van der Waals surface area contributed by atoms with Crippen LogP contribution in [0.4, 0.5) is 0 Å². The molecule has 0 spiro atoms. The Morgan fingerprint density at radius 1 is 1.59 bits per heavy atom. The smallest absolute Gasteiger partial charge is 0.147 e. The first kappa shape index (κ1) is 15.2. The predicted octanol–water partition coefficient (Wildman–Crippen LogP) is 0.662. The molecule has 7 nitrogen and oxygen atoms in total. The highest BCUT2D eigenvalue weighted by molar-refractivity contribution is 4.97. The molecule has 1 aliphatic rings. The first-order chi connectivity index (χ1) is 10.7. The van der Waals surface area contributed by atoms with Crippen LogP contribution in [0.15, 0.2) is 22.8 Å². The van der Waals surface area contributed by atoms with Gasteiger partial charge >= 0.3 is 0 Å². The Morgan fingerprint density at radius 3 is 3.32 bits per heavy atom. The maximum Gasteiger partial charge on any atom is 0.147 e. The zero-order valence-corrected chi connectivity index (χ0v) is 12.7. The number of aliphatic hydroxyl groups excluding tert-OH is 1. The number of ether oxygens (including phenoxy) is 1. The van der Waals surface area contributed by atoms with Gasteiger partial charge in [-0.3, -0.25) is 0 Å². The number of nitrogens with one attached hydrogen (secondary N) is 1. The Balaban J connectivity index is 1.35. The van der Waals surface area contributed by atoms with Gasteiger partial charge < -0.3 is 19.6 Å². The Bertz CT molecular complexity index is 582. The molecule has 0 fully saturated rings. The van der Waals surface area contributed by atoms with E-state index in [1.165, 1.54) is 0 Å². The minimum absolute atomic E-state index is 0.286. The van der Waals surface area contributed by atoms with Gasteiger partial charge in [-0.15, -0.1) is 0 Å². The van der Waals surface area contributed by atoms with Crippen LogP contribution < -0.4 is 5.32 Å². The number of fused-ring (bicyclic) bond motifs is 1. The Hall–Kier alpha value is -1.70. The lowest BCUT2D eigenvalue weighted by Gasteiger charge is -2.24. The normalized spacial score (nSPS) is 19.1. The van der Waals surface area contributed by atoms with E-state index < -0.39 is 6.10 Å². The van der Waals surface area contributed by atoms with Crippen molar-refractivity contribution in [1.82, 2.24) is 20.1 Å². The summed E-state index contributed by atoms with van der Waals surface area (Å²) in [7, 11) is 0. The van der Waals surface area contributed by atoms with E-state index in [4.69, 9.17) is 9.15 Å². The van der Waals surface area contributed by atoms with E-state index in [0.29, 0.717) is 19.2 Å². The number of nitrogens with zero attached hydrogens (tertiary/aromatic N) is 3. The average molecular weight is 306 g/mol. The number of hydrogen-bond acceptors (Lipinski definition) is 6. The van der Waals surface area contributed by atoms with Crippen molar-refractivity contribution >= 4 is 0 Å². The van der Waals surface area contributed by atoms with Gasteiger partial charge in [-0.1, -0.05) is 0 Å². The minimum Gasteiger partial charge on any atom is -0.467 e. The molecule has 3 heterocycles. The summed E-state index contributed by atoms with van der Waals surface area (Å²) in [4.78, 5) is 4.39. The van der Waals surface area contributed by atoms with Crippen LogP contribution in [-0.4, -0.2) is 45.2 Å². The molecule has 0 aliphatic carbocycles. The van der Waals surface area contributed by atoms with Crippen molar-refractivity contribution < 1.29 is 14.3 Å². The molecule has 2 atom stereocenters. The van der Waals surface area contributed by atoms with Gasteiger partial charge in [0.05, 0.1) is 25.5 Å². The van der Waals surface area contributed by atoms with Crippen molar-refractivity contribution in [2.45, 2.75) is 45.1 Å². The fourth-order valence-electron chi connectivity index (χ4n) is 2.65. The highest BCUT2D eigenvalue weighted by Crippen LogP contribution is 2.12. The third kappa shape index (κ3) is 3.94. The number of hydrogen-bond donors (Lipinski definition) is 2. The van der Waals surface area contributed by atoms with Gasteiger partial charge in [0, 0.05) is 19.0 Å². The molecular formula is C15H22N4O3. The lowest BCUT2D eigenvalue weighted by Crippen LogP contribution is -2.42. The van der Waals surface area contributed by atoms with E-state index in [9.17, 15) is 5.11 Å². The van der Waals surface area contributed by atoms with Gasteiger partial charge in [-0.05, 0) is 25.5 Å². The summed E-state index contributed by atoms with van der Waals surface area (Å²) in [6.07, 6.45) is 3.01. The van der Waals surface area contributed by atoms with Gasteiger partial charge in [0.1, 0.15) is 24.0 Å². The van der Waals surface area contributed by atoms with Crippen molar-refractivity contribution in [3.63, 3.8) is 0 Å². The van der Waals surface area contributed by atoms with E-state index in [-0.39, 0.29) is 6.61 Å². The van der Waals surface area contributed by atoms with E-state index in [1.54, 1.807) is 6.26 Å². The number of furan rings is 1. The van der Waals surface area contributed by atoms with Gasteiger partial charge in [0.2, 0.25) is 0 Å². The molecule has 0 amide bonds. The molecule has 2 aromatic heterocycles. The predicted molar refractivity (Wildman–Crippen MR) is 79.2 cm³/mol. The van der Waals surface area contributed by atoms with Crippen LogP contribution in [0, 0.1) is 6.92 Å². The van der Waals surface area contributed by atoms with Crippen LogP contribution in [0.3, 0.4) is 0 Å². The summed E-state index contributed by atoms with van der Waals surface area (Å²) < 4.78 is 12.6. The van der Waals surface area contributed by atoms with E-state index >= 15 is 0 Å². The van der Waals surface area contributed by atoms with E-state index in [1.807, 2.05) is 23.7 Å². The maximum atomic E-state index is 9.95. The summed E-state index contributed by atoms with van der Waals surface area (Å²) >= 11 is 0. The second-order valence-electron chi connectivity index (χ2n) is 5.65. The lowest BCUT2D eigenvalue weighted by molar-refractivity contribution is 0.0209. The van der Waals surface area contributed by atoms with Crippen LogP contribution in [0.1, 0.15) is 23.8 Å². The molecule has 7 heteroatoms. The van der Waals surface area contributed by atoms with Crippen molar-refractivity contribution in [1.29, 1.82) is 0 Å². The highest BCUT2D eigenvalue weighted by Gasteiger charge is 2.21. The van der Waals surface area contributed by atoms with Crippen molar-refractivity contribution in [3.05, 3.63) is 35.8 Å². The Kier molecular flexibility index (Phi) is 4.87. The Morgan fingerprint density at radius 2 is 2.50 bits per heavy atom. The molecule has 0 unspecified atom stereocenters. The van der Waals surface area contributed by atoms with E-state index in [0.717, 1.165) is 36.8 Å². The SMILES string of the molecule is Cc1nc2n(n1)C[C@@H](NC[C@H](O)COCc1ccco1)CC2. The van der Waals surface area contributed by atoms with E-state index in [2.05, 4.69) is 15.4 Å². The number of aromatic nitrogens is 3. The molecule has 3 rings (SSSR count). The largest absolute Gasteiger partial charge is 0.467 e. The van der Waals surface area contributed by atoms with Crippen LogP contribution in [-0.2, 0) is 24.3 Å². The third-order valence-electron chi connectivity index (χ3n) is 3.74. The molecule has 1 aliphatic heterocycles. The molecule has 2 aromatic rings. The second-order valence-corrected chi connectivity index (χ2v) is 5.65. The standard InChI is InChI=1S/C15H22N4O3/c1-11-17-15-5-4-12(8-19(15)18-11)16-7-13(20)9-21-10-14-3-2-6-22-14/h2-3,6,12-13,16,20H,4-5,7-10H2,1H3/t12-,13-/m0/s1. The number of rotatable bonds is 7. The molecule has 120 valence electrons. The molecule has 0 bridgehead atoms. The van der Waals surface area contributed by atoms with Crippen LogP contribution in [0.25, 0.3) is 0 Å². The first-order valence-corrected chi connectivity index (χ1v) is 7.62. The van der Waals surface area contributed by atoms with Crippen molar-refractivity contribution in [3.8, 4) is 0 Å². The molecule has 22 heavy (non-hydrogen) atoms. The Labute approximate surface area is 129 Å². The summed E-state index contributed by atoms with van der Waals surface area (Å²) in [6.45, 7) is 3.89. The molecule has 0 saturated carbocycles. The number of aryl methyl sites for hydroxylation is 2. The summed E-state index contributed by atoms with van der Waals surface area (Å²) in [6, 6.07) is 3.98. The van der Waals surface area contributed by atoms with Crippen LogP contribution >= 0.6 is 0 Å². The van der Waals surface area contributed by atoms with Crippen molar-refractivity contribution in [2.75, 3.05) is 13.2 Å². The van der Waals surface area contributed by atoms with Crippen molar-refractivity contribution in [2.24, 2.45) is 0 Å². The second kappa shape index (κ2) is 7.04. The summed E-state index contributed by atoms with van der Waals surface area (Å²) in [5, 5.41) is 17.7. The first-order valence-electron chi connectivity index (χ1n) is 7.62. The minimum atomic E-state index is -0.533. The molecule has 2 N–H and O–H groups in total. The zero-order valence-electron chi connectivity index (χ0n) is 12.7. The lowest BCUT2D eigenvalue weighted by atomic mass is 10.1. The zero-order chi connectivity index (χ0) is 15.4. The summed E-state index contributed by atoms with van der Waals surface area (Å²) in [5.74, 6) is 2.64. The molecule has 0 aromatic carbocycles. The molecule has 0 radical (unpaired) electrons. The van der Waals surface area contributed by atoms with Gasteiger partial charge in [0.15, 0.2) is 0 Å². The summed E-state index contributed by atoms with van der Waals surface area (Å²) in [5.41, 5.74) is 0. The fraction of sp³-hybridized carbons (Fsp3) is 0.600. The van der Waals surface area contributed by atoms with Crippen LogP contribution in [0.5, 0.6) is 0 Å². The van der Waals surface area contributed by atoms with Gasteiger partial charge in [-0.25, -0.2) is 9.67 Å². The fourth-order valence-corrected chi connectivity index (χ4v) is 2.65. The topological polar surface area (TPSA) is 85.3 Å². The maximum absolute atomic E-state index is 9.95. The number of aliphatic hydroxyl groups is 1. The third-order valence-corrected chi connectivity index (χ3v) is 3.74. The monoisotopic (exact) mass is 306 g/mol.